The van der Waals surface area contributed by atoms with Crippen molar-refractivity contribution in [1.29, 1.82) is 0 Å². The zero-order chi connectivity index (χ0) is 22.5. The van der Waals surface area contributed by atoms with E-state index in [0.717, 1.165) is 12.8 Å². The van der Waals surface area contributed by atoms with Gasteiger partial charge in [0.25, 0.3) is 5.91 Å². The SMILES string of the molecule is O=C(Nc1ccc(Cl)cc1)c1ccccc1NC(=O)C1CCC(N2CCOCC2=O)CC1. The maximum atomic E-state index is 12.9. The third-order valence-electron chi connectivity index (χ3n) is 6.06. The van der Waals surface area contributed by atoms with Crippen LogP contribution in [-0.2, 0) is 14.3 Å². The number of halogens is 1. The molecule has 2 aliphatic rings. The third kappa shape index (κ3) is 5.29. The Morgan fingerprint density at radius 1 is 0.969 bits per heavy atom. The molecule has 0 atom stereocenters. The van der Waals surface area contributed by atoms with Gasteiger partial charge in [-0.25, -0.2) is 0 Å². The number of carbonyl (C=O) groups excluding carboxylic acids is 3. The van der Waals surface area contributed by atoms with E-state index in [4.69, 9.17) is 16.3 Å². The van der Waals surface area contributed by atoms with Crippen LogP contribution in [-0.4, -0.2) is 48.4 Å². The number of nitrogens with zero attached hydrogens (tertiary/aromatic N) is 1. The molecule has 2 fully saturated rings. The van der Waals surface area contributed by atoms with Gasteiger partial charge in [-0.3, -0.25) is 14.4 Å². The minimum Gasteiger partial charge on any atom is -0.370 e. The Labute approximate surface area is 192 Å². The largest absolute Gasteiger partial charge is 0.370 e. The second kappa shape index (κ2) is 10.1. The van der Waals surface area contributed by atoms with Crippen molar-refractivity contribution < 1.29 is 19.1 Å². The summed E-state index contributed by atoms with van der Waals surface area (Å²) in [5, 5.41) is 6.35. The zero-order valence-corrected chi connectivity index (χ0v) is 18.4. The van der Waals surface area contributed by atoms with Gasteiger partial charge in [0, 0.05) is 29.2 Å². The van der Waals surface area contributed by atoms with Crippen LogP contribution in [0, 0.1) is 5.92 Å². The van der Waals surface area contributed by atoms with Crippen molar-refractivity contribution in [2.45, 2.75) is 31.7 Å². The molecule has 32 heavy (non-hydrogen) atoms. The van der Waals surface area contributed by atoms with E-state index in [1.165, 1.54) is 0 Å². The Morgan fingerprint density at radius 3 is 2.41 bits per heavy atom. The molecule has 168 valence electrons. The fourth-order valence-corrected chi connectivity index (χ4v) is 4.45. The van der Waals surface area contributed by atoms with Gasteiger partial charge in [-0.1, -0.05) is 23.7 Å². The van der Waals surface area contributed by atoms with Gasteiger partial charge in [-0.2, -0.15) is 0 Å². The predicted octanol–water partition coefficient (Wildman–Crippen LogP) is 3.95. The summed E-state index contributed by atoms with van der Waals surface area (Å²) in [6, 6.07) is 14.0. The first kappa shape index (κ1) is 22.3. The van der Waals surface area contributed by atoms with Crippen molar-refractivity contribution in [2.75, 3.05) is 30.4 Å². The number of anilines is 2. The number of para-hydroxylation sites is 1. The van der Waals surface area contributed by atoms with Crippen molar-refractivity contribution in [2.24, 2.45) is 5.92 Å². The standard InChI is InChI=1S/C24H26ClN3O4/c25-17-7-9-18(10-8-17)26-24(31)20-3-1-2-4-21(20)27-23(30)16-5-11-19(12-6-16)28-13-14-32-15-22(28)29/h1-4,7-10,16,19H,5-6,11-15H2,(H,26,31)(H,27,30). The Morgan fingerprint density at radius 2 is 1.69 bits per heavy atom. The maximum Gasteiger partial charge on any atom is 0.257 e. The second-order valence-corrected chi connectivity index (χ2v) is 8.58. The van der Waals surface area contributed by atoms with E-state index in [2.05, 4.69) is 10.6 Å². The van der Waals surface area contributed by atoms with E-state index in [1.807, 2.05) is 4.90 Å². The molecular weight excluding hydrogens is 430 g/mol. The number of rotatable bonds is 5. The molecule has 2 N–H and O–H groups in total. The van der Waals surface area contributed by atoms with Crippen molar-refractivity contribution in [3.8, 4) is 0 Å². The first-order valence-corrected chi connectivity index (χ1v) is 11.2. The normalized spacial score (nSPS) is 21.2. The molecule has 0 spiro atoms. The van der Waals surface area contributed by atoms with Crippen LogP contribution in [0.25, 0.3) is 0 Å². The molecule has 3 amide bonds. The van der Waals surface area contributed by atoms with Crippen molar-refractivity contribution in [3.05, 3.63) is 59.1 Å². The Bertz CT molecular complexity index is 987. The average molecular weight is 456 g/mol. The van der Waals surface area contributed by atoms with E-state index in [9.17, 15) is 14.4 Å². The summed E-state index contributed by atoms with van der Waals surface area (Å²) < 4.78 is 5.21. The number of amides is 3. The predicted molar refractivity (Wildman–Crippen MR) is 123 cm³/mol. The summed E-state index contributed by atoms with van der Waals surface area (Å²) in [6.07, 6.45) is 3.01. The summed E-state index contributed by atoms with van der Waals surface area (Å²) >= 11 is 5.90. The lowest BCUT2D eigenvalue weighted by atomic mass is 9.84. The number of nitrogens with one attached hydrogen (secondary N) is 2. The molecular formula is C24H26ClN3O4. The minimum absolute atomic E-state index is 0.0322. The summed E-state index contributed by atoms with van der Waals surface area (Å²) in [6.45, 7) is 1.34. The van der Waals surface area contributed by atoms with E-state index < -0.39 is 0 Å². The summed E-state index contributed by atoms with van der Waals surface area (Å²) in [7, 11) is 0. The average Bonchev–Trinajstić information content (AvgIpc) is 2.81. The molecule has 1 aliphatic carbocycles. The fourth-order valence-electron chi connectivity index (χ4n) is 4.32. The summed E-state index contributed by atoms with van der Waals surface area (Å²) in [5.41, 5.74) is 1.49. The Hall–Kier alpha value is -2.90. The van der Waals surface area contributed by atoms with E-state index >= 15 is 0 Å². The number of hydrogen-bond acceptors (Lipinski definition) is 4. The molecule has 1 saturated carbocycles. The highest BCUT2D eigenvalue weighted by molar-refractivity contribution is 6.30. The molecule has 4 rings (SSSR count). The van der Waals surface area contributed by atoms with Crippen LogP contribution < -0.4 is 10.6 Å². The molecule has 7 nitrogen and oxygen atoms in total. The van der Waals surface area contributed by atoms with Crippen LogP contribution in [0.1, 0.15) is 36.0 Å². The zero-order valence-electron chi connectivity index (χ0n) is 17.7. The fraction of sp³-hybridized carbons (Fsp3) is 0.375. The van der Waals surface area contributed by atoms with Crippen LogP contribution in [0.3, 0.4) is 0 Å². The van der Waals surface area contributed by atoms with Gasteiger partial charge < -0.3 is 20.3 Å². The molecule has 8 heteroatoms. The minimum atomic E-state index is -0.308. The summed E-state index contributed by atoms with van der Waals surface area (Å²) in [4.78, 5) is 39.7. The molecule has 1 heterocycles. The van der Waals surface area contributed by atoms with Crippen molar-refractivity contribution >= 4 is 40.7 Å². The van der Waals surface area contributed by atoms with Gasteiger partial charge in [-0.15, -0.1) is 0 Å². The van der Waals surface area contributed by atoms with Gasteiger partial charge in [0.1, 0.15) is 6.61 Å². The highest BCUT2D eigenvalue weighted by Crippen LogP contribution is 2.30. The molecule has 1 aliphatic heterocycles. The first-order chi connectivity index (χ1) is 15.5. The van der Waals surface area contributed by atoms with Crippen LogP contribution in [0.5, 0.6) is 0 Å². The molecule has 0 unspecified atom stereocenters. The Balaban J connectivity index is 1.36. The topological polar surface area (TPSA) is 87.7 Å². The maximum absolute atomic E-state index is 12.9. The number of hydrogen-bond donors (Lipinski definition) is 2. The van der Waals surface area contributed by atoms with Crippen LogP contribution >= 0.6 is 11.6 Å². The van der Waals surface area contributed by atoms with Crippen LogP contribution in [0.15, 0.2) is 48.5 Å². The van der Waals surface area contributed by atoms with E-state index in [1.54, 1.807) is 48.5 Å². The number of benzene rings is 2. The quantitative estimate of drug-likeness (QED) is 0.714. The van der Waals surface area contributed by atoms with Gasteiger partial charge in [0.2, 0.25) is 11.8 Å². The summed E-state index contributed by atoms with van der Waals surface area (Å²) in [5.74, 6) is -0.513. The lowest BCUT2D eigenvalue weighted by Crippen LogP contribution is -2.49. The second-order valence-electron chi connectivity index (χ2n) is 8.14. The first-order valence-electron chi connectivity index (χ1n) is 10.9. The molecule has 2 aromatic carbocycles. The van der Waals surface area contributed by atoms with Gasteiger partial charge in [-0.05, 0) is 62.1 Å². The number of morpholine rings is 1. The molecule has 0 aromatic heterocycles. The molecule has 0 bridgehead atoms. The third-order valence-corrected chi connectivity index (χ3v) is 6.31. The smallest absolute Gasteiger partial charge is 0.257 e. The van der Waals surface area contributed by atoms with E-state index in [-0.39, 0.29) is 36.3 Å². The lowest BCUT2D eigenvalue weighted by molar-refractivity contribution is -0.146. The highest BCUT2D eigenvalue weighted by atomic mass is 35.5. The van der Waals surface area contributed by atoms with E-state index in [0.29, 0.717) is 48.0 Å². The van der Waals surface area contributed by atoms with Gasteiger partial charge >= 0.3 is 0 Å². The number of ether oxygens (including phenoxy) is 1. The van der Waals surface area contributed by atoms with Crippen LogP contribution in [0.4, 0.5) is 11.4 Å². The van der Waals surface area contributed by atoms with Crippen molar-refractivity contribution in [1.82, 2.24) is 4.90 Å². The van der Waals surface area contributed by atoms with Crippen LogP contribution in [0.2, 0.25) is 5.02 Å². The van der Waals surface area contributed by atoms with Crippen molar-refractivity contribution in [3.63, 3.8) is 0 Å². The highest BCUT2D eigenvalue weighted by Gasteiger charge is 2.33. The number of carbonyl (C=O) groups is 3. The Kier molecular flexibility index (Phi) is 7.07. The molecule has 2 aromatic rings. The molecule has 0 radical (unpaired) electrons. The lowest BCUT2D eigenvalue weighted by Gasteiger charge is -2.38. The molecule has 1 saturated heterocycles. The van der Waals surface area contributed by atoms with Gasteiger partial charge in [0.05, 0.1) is 17.9 Å². The monoisotopic (exact) mass is 455 g/mol. The van der Waals surface area contributed by atoms with Gasteiger partial charge in [0.15, 0.2) is 0 Å².